The first-order valence-electron chi connectivity index (χ1n) is 14.8. The number of benzene rings is 1. The monoisotopic (exact) mass is 524 g/mol. The van der Waals surface area contributed by atoms with Crippen molar-refractivity contribution in [3.8, 4) is 5.75 Å². The van der Waals surface area contributed by atoms with E-state index in [2.05, 4.69) is 6.92 Å². The van der Waals surface area contributed by atoms with Crippen LogP contribution in [0, 0.1) is 41.3 Å². The highest BCUT2D eigenvalue weighted by atomic mass is 19.4. The lowest BCUT2D eigenvalue weighted by molar-refractivity contribution is -0.140. The molecule has 3 fully saturated rings. The molecular formula is C31H44F4O2. The summed E-state index contributed by atoms with van der Waals surface area (Å²) in [5, 5.41) is 0. The number of rotatable bonds is 9. The van der Waals surface area contributed by atoms with Crippen molar-refractivity contribution in [2.24, 2.45) is 35.5 Å². The van der Waals surface area contributed by atoms with Crippen molar-refractivity contribution >= 4 is 5.97 Å². The maximum absolute atomic E-state index is 13.8. The van der Waals surface area contributed by atoms with Crippen LogP contribution in [-0.4, -0.2) is 5.97 Å². The summed E-state index contributed by atoms with van der Waals surface area (Å²) >= 11 is 0. The number of fused-ring (bicyclic) bond motifs is 1. The van der Waals surface area contributed by atoms with Gasteiger partial charge in [0.25, 0.3) is 0 Å². The number of hydrogen-bond donors (Lipinski definition) is 0. The minimum absolute atomic E-state index is 0.160. The van der Waals surface area contributed by atoms with Gasteiger partial charge in [-0.15, -0.1) is 0 Å². The average molecular weight is 525 g/mol. The number of carbonyl (C=O) groups excluding carboxylic acids is 1. The van der Waals surface area contributed by atoms with E-state index in [0.717, 1.165) is 55.4 Å². The second-order valence-corrected chi connectivity index (χ2v) is 12.1. The van der Waals surface area contributed by atoms with Gasteiger partial charge in [-0.25, -0.2) is 4.39 Å². The molecule has 3 saturated carbocycles. The van der Waals surface area contributed by atoms with Crippen LogP contribution in [0.4, 0.5) is 17.6 Å². The first-order valence-corrected chi connectivity index (χ1v) is 14.8. The zero-order chi connectivity index (χ0) is 26.4. The van der Waals surface area contributed by atoms with Crippen LogP contribution in [0.15, 0.2) is 18.2 Å². The third-order valence-corrected chi connectivity index (χ3v) is 9.71. The van der Waals surface area contributed by atoms with Crippen molar-refractivity contribution in [2.75, 3.05) is 0 Å². The molecule has 3 aliphatic rings. The van der Waals surface area contributed by atoms with Crippen molar-refractivity contribution in [2.45, 2.75) is 116 Å². The Morgan fingerprint density at radius 1 is 0.838 bits per heavy atom. The van der Waals surface area contributed by atoms with Gasteiger partial charge in [-0.1, -0.05) is 51.9 Å². The molecule has 3 aliphatic carbocycles. The van der Waals surface area contributed by atoms with Crippen LogP contribution in [0.2, 0.25) is 0 Å². The molecular weight excluding hydrogens is 480 g/mol. The molecule has 0 aromatic heterocycles. The van der Waals surface area contributed by atoms with Gasteiger partial charge in [0.15, 0.2) is 0 Å². The standard InChI is InChI=1S/C31H44F4O2/c1-2-3-4-5-6-7-21-8-9-26-19-25(15-14-24(26)18-21)22-10-12-23(13-11-22)30(36)37-27-16-17-28(29(32)20-27)31(33,34)35/h16-17,20-26H,2-15,18-19H2,1H3. The van der Waals surface area contributed by atoms with Gasteiger partial charge < -0.3 is 4.74 Å². The zero-order valence-corrected chi connectivity index (χ0v) is 22.3. The fourth-order valence-electron chi connectivity index (χ4n) is 7.56. The Bertz CT molecular complexity index is 874. The number of alkyl halides is 3. The Hall–Kier alpha value is -1.59. The lowest BCUT2D eigenvalue weighted by atomic mass is 9.60. The SMILES string of the molecule is CCCCCCCC1CCC2CC(C3CCC(C(=O)Oc4ccc(C(F)(F)F)c(F)c4)CC3)CCC2C1. The Morgan fingerprint density at radius 3 is 2.14 bits per heavy atom. The van der Waals surface area contributed by atoms with E-state index in [1.165, 1.54) is 77.0 Å². The molecule has 0 saturated heterocycles. The van der Waals surface area contributed by atoms with Gasteiger partial charge in [-0.3, -0.25) is 4.79 Å². The first-order chi connectivity index (χ1) is 17.7. The van der Waals surface area contributed by atoms with Gasteiger partial charge in [0.2, 0.25) is 0 Å². The van der Waals surface area contributed by atoms with Crippen molar-refractivity contribution in [1.29, 1.82) is 0 Å². The Kier molecular flexibility index (Phi) is 9.97. The second-order valence-electron chi connectivity index (χ2n) is 12.1. The molecule has 0 aliphatic heterocycles. The van der Waals surface area contributed by atoms with E-state index in [4.69, 9.17) is 4.74 Å². The topological polar surface area (TPSA) is 26.3 Å². The number of halogens is 4. The smallest absolute Gasteiger partial charge is 0.419 e. The van der Waals surface area contributed by atoms with Gasteiger partial charge in [-0.05, 0) is 99.5 Å². The largest absolute Gasteiger partial charge is 0.426 e. The first kappa shape index (κ1) is 28.4. The average Bonchev–Trinajstić information content (AvgIpc) is 2.87. The molecule has 0 spiro atoms. The number of esters is 1. The third-order valence-electron chi connectivity index (χ3n) is 9.71. The molecule has 0 heterocycles. The normalized spacial score (nSPS) is 30.5. The molecule has 4 atom stereocenters. The van der Waals surface area contributed by atoms with Crippen molar-refractivity contribution < 1.29 is 27.1 Å². The van der Waals surface area contributed by atoms with Crippen molar-refractivity contribution in [3.05, 3.63) is 29.6 Å². The molecule has 37 heavy (non-hydrogen) atoms. The van der Waals surface area contributed by atoms with Gasteiger partial charge >= 0.3 is 12.1 Å². The van der Waals surface area contributed by atoms with E-state index in [1.807, 2.05) is 0 Å². The van der Waals surface area contributed by atoms with E-state index in [1.54, 1.807) is 0 Å². The summed E-state index contributed by atoms with van der Waals surface area (Å²) in [7, 11) is 0. The summed E-state index contributed by atoms with van der Waals surface area (Å²) in [6.45, 7) is 2.27. The fraction of sp³-hybridized carbons (Fsp3) is 0.774. The van der Waals surface area contributed by atoms with Gasteiger partial charge in [0.05, 0.1) is 11.5 Å². The summed E-state index contributed by atoms with van der Waals surface area (Å²) < 4.78 is 57.4. The highest BCUT2D eigenvalue weighted by Crippen LogP contribution is 2.49. The lowest BCUT2D eigenvalue weighted by Gasteiger charge is -2.45. The quantitative estimate of drug-likeness (QED) is 0.139. The highest BCUT2D eigenvalue weighted by Gasteiger charge is 2.40. The van der Waals surface area contributed by atoms with Crippen LogP contribution in [0.3, 0.4) is 0 Å². The van der Waals surface area contributed by atoms with Crippen molar-refractivity contribution in [3.63, 3.8) is 0 Å². The summed E-state index contributed by atoms with van der Waals surface area (Å²) in [6, 6.07) is 2.31. The van der Waals surface area contributed by atoms with Gasteiger partial charge in [0, 0.05) is 6.07 Å². The molecule has 208 valence electrons. The molecule has 2 nitrogen and oxygen atoms in total. The molecule has 4 unspecified atom stereocenters. The maximum Gasteiger partial charge on any atom is 0.419 e. The summed E-state index contributed by atoms with van der Waals surface area (Å²) in [5.74, 6) is 1.87. The molecule has 0 N–H and O–H groups in total. The predicted molar refractivity (Wildman–Crippen MR) is 138 cm³/mol. The van der Waals surface area contributed by atoms with E-state index < -0.39 is 23.5 Å². The van der Waals surface area contributed by atoms with Crippen LogP contribution in [0.1, 0.15) is 115 Å². The Balaban J connectivity index is 1.18. The third kappa shape index (κ3) is 7.72. The Labute approximate surface area is 219 Å². The van der Waals surface area contributed by atoms with Crippen LogP contribution < -0.4 is 4.74 Å². The second kappa shape index (κ2) is 13.0. The van der Waals surface area contributed by atoms with Crippen LogP contribution >= 0.6 is 0 Å². The molecule has 1 aromatic carbocycles. The minimum Gasteiger partial charge on any atom is -0.426 e. The predicted octanol–water partition coefficient (Wildman–Crippen LogP) is 9.75. The zero-order valence-electron chi connectivity index (χ0n) is 22.3. The lowest BCUT2D eigenvalue weighted by Crippen LogP contribution is -2.35. The number of unbranched alkanes of at least 4 members (excludes halogenated alkanes) is 4. The molecule has 6 heteroatoms. The summed E-state index contributed by atoms with van der Waals surface area (Å²) in [5.41, 5.74) is -1.35. The summed E-state index contributed by atoms with van der Waals surface area (Å²) in [6.07, 6.45) is 15.3. The molecule has 0 bridgehead atoms. The van der Waals surface area contributed by atoms with E-state index in [-0.39, 0.29) is 11.7 Å². The molecule has 0 radical (unpaired) electrons. The maximum atomic E-state index is 13.8. The highest BCUT2D eigenvalue weighted by molar-refractivity contribution is 5.75. The number of ether oxygens (including phenoxy) is 1. The van der Waals surface area contributed by atoms with E-state index >= 15 is 0 Å². The van der Waals surface area contributed by atoms with Crippen LogP contribution in [0.25, 0.3) is 0 Å². The number of hydrogen-bond acceptors (Lipinski definition) is 2. The Morgan fingerprint density at radius 2 is 1.46 bits per heavy atom. The number of carbonyl (C=O) groups is 1. The summed E-state index contributed by atoms with van der Waals surface area (Å²) in [4.78, 5) is 12.6. The van der Waals surface area contributed by atoms with Gasteiger partial charge in [-0.2, -0.15) is 13.2 Å². The van der Waals surface area contributed by atoms with Crippen molar-refractivity contribution in [1.82, 2.24) is 0 Å². The molecule has 1 aromatic rings. The van der Waals surface area contributed by atoms with Crippen LogP contribution in [-0.2, 0) is 11.0 Å². The molecule has 0 amide bonds. The minimum atomic E-state index is -4.77. The fourth-order valence-corrected chi connectivity index (χ4v) is 7.56. The van der Waals surface area contributed by atoms with Crippen LogP contribution in [0.5, 0.6) is 5.75 Å². The van der Waals surface area contributed by atoms with Gasteiger partial charge in [0.1, 0.15) is 11.6 Å². The van der Waals surface area contributed by atoms with E-state index in [9.17, 15) is 22.4 Å². The van der Waals surface area contributed by atoms with E-state index in [0.29, 0.717) is 18.1 Å². The molecule has 4 rings (SSSR count).